The van der Waals surface area contributed by atoms with Gasteiger partial charge in [0.25, 0.3) is 0 Å². The van der Waals surface area contributed by atoms with Gasteiger partial charge >= 0.3 is 0 Å². The third-order valence-electron chi connectivity index (χ3n) is 5.05. The van der Waals surface area contributed by atoms with Gasteiger partial charge in [0, 0.05) is 19.0 Å². The first-order chi connectivity index (χ1) is 8.80. The lowest BCUT2D eigenvalue weighted by atomic mass is 9.97. The highest BCUT2D eigenvalue weighted by Gasteiger charge is 2.42. The van der Waals surface area contributed by atoms with E-state index in [1.165, 1.54) is 44.9 Å². The molecule has 0 bridgehead atoms. The molecule has 3 rings (SSSR count). The van der Waals surface area contributed by atoms with Gasteiger partial charge in [-0.3, -0.25) is 0 Å². The molecule has 2 heterocycles. The first-order valence-electron chi connectivity index (χ1n) is 7.65. The molecule has 3 nitrogen and oxygen atoms in total. The van der Waals surface area contributed by atoms with E-state index in [-0.39, 0.29) is 11.5 Å². The average Bonchev–Trinajstić information content (AvgIpc) is 3.01. The maximum Gasteiger partial charge on any atom is 0.124 e. The molecule has 3 heteroatoms. The number of carbonyl (C=O) groups excluding carboxylic acids is 1. The second-order valence-electron chi connectivity index (χ2n) is 6.47. The normalized spacial score (nSPS) is 36.2. The van der Waals surface area contributed by atoms with Crippen molar-refractivity contribution in [1.29, 1.82) is 0 Å². The molecular weight excluding hydrogens is 226 g/mol. The number of piperidine rings is 1. The third kappa shape index (κ3) is 2.62. The van der Waals surface area contributed by atoms with Crippen molar-refractivity contribution >= 4 is 6.29 Å². The Morgan fingerprint density at radius 1 is 1.17 bits per heavy atom. The van der Waals surface area contributed by atoms with Crippen LogP contribution in [0.5, 0.6) is 0 Å². The number of nitrogens with zero attached hydrogens (tertiary/aromatic N) is 1. The topological polar surface area (TPSA) is 29.5 Å². The van der Waals surface area contributed by atoms with Gasteiger partial charge in [0.05, 0.1) is 11.7 Å². The summed E-state index contributed by atoms with van der Waals surface area (Å²) in [6.07, 6.45) is 11.6. The molecule has 0 N–H and O–H groups in total. The maximum atomic E-state index is 10.9. The molecule has 0 radical (unpaired) electrons. The number of carbonyl (C=O) groups is 1. The van der Waals surface area contributed by atoms with E-state index in [2.05, 4.69) is 4.90 Å². The SMILES string of the molecule is O=CC1CCCN(CC2CCC3(CCCC3)O2)C1. The molecule has 18 heavy (non-hydrogen) atoms. The van der Waals surface area contributed by atoms with Gasteiger partial charge in [0.1, 0.15) is 6.29 Å². The molecule has 2 aliphatic heterocycles. The van der Waals surface area contributed by atoms with Gasteiger partial charge in [-0.25, -0.2) is 0 Å². The molecule has 2 saturated heterocycles. The van der Waals surface area contributed by atoms with Crippen LogP contribution >= 0.6 is 0 Å². The van der Waals surface area contributed by atoms with E-state index in [9.17, 15) is 4.79 Å². The molecular formula is C15H25NO2. The molecule has 0 aromatic carbocycles. The Labute approximate surface area is 110 Å². The zero-order chi connectivity index (χ0) is 12.4. The van der Waals surface area contributed by atoms with Gasteiger partial charge in [0.2, 0.25) is 0 Å². The van der Waals surface area contributed by atoms with Gasteiger partial charge < -0.3 is 14.4 Å². The van der Waals surface area contributed by atoms with E-state index >= 15 is 0 Å². The molecule has 1 spiro atoms. The lowest BCUT2D eigenvalue weighted by Crippen LogP contribution is -2.41. The minimum absolute atomic E-state index is 0.254. The van der Waals surface area contributed by atoms with Crippen LogP contribution < -0.4 is 0 Å². The lowest BCUT2D eigenvalue weighted by Gasteiger charge is -2.32. The molecule has 0 aromatic heterocycles. The van der Waals surface area contributed by atoms with E-state index in [0.717, 1.165) is 32.3 Å². The quantitative estimate of drug-likeness (QED) is 0.721. The Balaban J connectivity index is 1.50. The first kappa shape index (κ1) is 12.6. The van der Waals surface area contributed by atoms with Crippen molar-refractivity contribution < 1.29 is 9.53 Å². The van der Waals surface area contributed by atoms with Crippen LogP contribution in [0.4, 0.5) is 0 Å². The monoisotopic (exact) mass is 251 g/mol. The zero-order valence-corrected chi connectivity index (χ0v) is 11.3. The second-order valence-corrected chi connectivity index (χ2v) is 6.47. The standard InChI is InChI=1S/C15H25NO2/c17-12-13-4-3-9-16(10-13)11-14-5-8-15(18-14)6-1-2-7-15/h12-14H,1-11H2. The van der Waals surface area contributed by atoms with Crippen molar-refractivity contribution in [1.82, 2.24) is 4.90 Å². The summed E-state index contributed by atoms with van der Waals surface area (Å²) >= 11 is 0. The summed E-state index contributed by atoms with van der Waals surface area (Å²) in [6.45, 7) is 3.15. The Bertz CT molecular complexity index is 299. The summed E-state index contributed by atoms with van der Waals surface area (Å²) in [5, 5.41) is 0. The van der Waals surface area contributed by atoms with E-state index in [1.807, 2.05) is 0 Å². The Morgan fingerprint density at radius 2 is 2.00 bits per heavy atom. The number of ether oxygens (including phenoxy) is 1. The number of hydrogen-bond donors (Lipinski definition) is 0. The van der Waals surface area contributed by atoms with Gasteiger partial charge in [-0.15, -0.1) is 0 Å². The largest absolute Gasteiger partial charge is 0.370 e. The predicted molar refractivity (Wildman–Crippen MR) is 70.5 cm³/mol. The van der Waals surface area contributed by atoms with E-state index in [4.69, 9.17) is 4.74 Å². The van der Waals surface area contributed by atoms with Crippen LogP contribution in [0.3, 0.4) is 0 Å². The second kappa shape index (κ2) is 5.30. The van der Waals surface area contributed by atoms with Crippen molar-refractivity contribution in [3.05, 3.63) is 0 Å². The fourth-order valence-corrected chi connectivity index (χ4v) is 4.07. The minimum atomic E-state index is 0.254. The Kier molecular flexibility index (Phi) is 3.71. The van der Waals surface area contributed by atoms with Gasteiger partial charge in [-0.2, -0.15) is 0 Å². The molecule has 1 saturated carbocycles. The molecule has 2 unspecified atom stereocenters. The summed E-state index contributed by atoms with van der Waals surface area (Å²) in [4.78, 5) is 13.3. The Morgan fingerprint density at radius 3 is 2.78 bits per heavy atom. The molecule has 2 atom stereocenters. The molecule has 3 fully saturated rings. The molecule has 102 valence electrons. The number of hydrogen-bond acceptors (Lipinski definition) is 3. The summed E-state index contributed by atoms with van der Waals surface area (Å²) < 4.78 is 6.35. The summed E-state index contributed by atoms with van der Waals surface area (Å²) in [7, 11) is 0. The van der Waals surface area contributed by atoms with Crippen molar-refractivity contribution in [2.24, 2.45) is 5.92 Å². The highest BCUT2D eigenvalue weighted by Crippen LogP contribution is 2.43. The first-order valence-corrected chi connectivity index (χ1v) is 7.65. The highest BCUT2D eigenvalue weighted by atomic mass is 16.5. The zero-order valence-electron chi connectivity index (χ0n) is 11.3. The Hall–Kier alpha value is -0.410. The summed E-state index contributed by atoms with van der Waals surface area (Å²) in [6, 6.07) is 0. The third-order valence-corrected chi connectivity index (χ3v) is 5.05. The fourth-order valence-electron chi connectivity index (χ4n) is 4.07. The van der Waals surface area contributed by atoms with Crippen molar-refractivity contribution in [2.75, 3.05) is 19.6 Å². The van der Waals surface area contributed by atoms with Gasteiger partial charge in [0.15, 0.2) is 0 Å². The number of rotatable bonds is 3. The number of aldehydes is 1. The van der Waals surface area contributed by atoms with Gasteiger partial charge in [-0.1, -0.05) is 12.8 Å². The van der Waals surface area contributed by atoms with E-state index < -0.39 is 0 Å². The van der Waals surface area contributed by atoms with E-state index in [0.29, 0.717) is 6.10 Å². The smallest absolute Gasteiger partial charge is 0.124 e. The predicted octanol–water partition coefficient (Wildman–Crippen LogP) is 2.39. The van der Waals surface area contributed by atoms with Crippen LogP contribution in [-0.4, -0.2) is 42.5 Å². The van der Waals surface area contributed by atoms with Crippen LogP contribution in [0.25, 0.3) is 0 Å². The van der Waals surface area contributed by atoms with Crippen LogP contribution in [0.15, 0.2) is 0 Å². The maximum absolute atomic E-state index is 10.9. The lowest BCUT2D eigenvalue weighted by molar-refractivity contribution is -0.113. The minimum Gasteiger partial charge on any atom is -0.370 e. The van der Waals surface area contributed by atoms with Crippen molar-refractivity contribution in [2.45, 2.75) is 63.1 Å². The number of likely N-dealkylation sites (tertiary alicyclic amines) is 1. The molecule has 0 amide bonds. The average molecular weight is 251 g/mol. The van der Waals surface area contributed by atoms with Crippen LogP contribution in [-0.2, 0) is 9.53 Å². The van der Waals surface area contributed by atoms with Crippen molar-refractivity contribution in [3.63, 3.8) is 0 Å². The molecule has 0 aromatic rings. The van der Waals surface area contributed by atoms with Crippen LogP contribution in [0, 0.1) is 5.92 Å². The highest BCUT2D eigenvalue weighted by molar-refractivity contribution is 5.53. The summed E-state index contributed by atoms with van der Waals surface area (Å²) in [5.74, 6) is 0.264. The van der Waals surface area contributed by atoms with Crippen molar-refractivity contribution in [3.8, 4) is 0 Å². The molecule has 1 aliphatic carbocycles. The fraction of sp³-hybridized carbons (Fsp3) is 0.933. The van der Waals surface area contributed by atoms with Crippen LogP contribution in [0.2, 0.25) is 0 Å². The van der Waals surface area contributed by atoms with E-state index in [1.54, 1.807) is 0 Å². The van der Waals surface area contributed by atoms with Crippen LogP contribution in [0.1, 0.15) is 51.4 Å². The molecule has 3 aliphatic rings. The summed E-state index contributed by atoms with van der Waals surface area (Å²) in [5.41, 5.74) is 0.254. The van der Waals surface area contributed by atoms with Gasteiger partial charge in [-0.05, 0) is 45.1 Å².